The number of hydrogen-bond acceptors (Lipinski definition) is 8. The molecule has 0 unspecified atom stereocenters. The normalized spacial score (nSPS) is 16.2. The summed E-state index contributed by atoms with van der Waals surface area (Å²) in [6, 6.07) is 6.08. The molecule has 4 heterocycles. The highest BCUT2D eigenvalue weighted by Gasteiger charge is 2.24. The molecule has 2 aliphatic rings. The predicted octanol–water partition coefficient (Wildman–Crippen LogP) is 2.08. The average molecular weight is 455 g/mol. The van der Waals surface area contributed by atoms with E-state index in [0.29, 0.717) is 17.4 Å². The van der Waals surface area contributed by atoms with Crippen molar-refractivity contribution < 1.29 is 14.3 Å². The van der Waals surface area contributed by atoms with E-state index in [2.05, 4.69) is 26.0 Å². The number of fused-ring (bicyclic) bond motifs is 2. The van der Waals surface area contributed by atoms with E-state index in [4.69, 9.17) is 9.47 Å². The van der Waals surface area contributed by atoms with Gasteiger partial charge in [-0.2, -0.15) is 4.98 Å². The molecule has 0 atom stereocenters. The molecule has 0 saturated carbocycles. The van der Waals surface area contributed by atoms with E-state index >= 15 is 0 Å². The van der Waals surface area contributed by atoms with Gasteiger partial charge in [-0.05, 0) is 37.8 Å². The molecule has 0 spiro atoms. The van der Waals surface area contributed by atoms with Crippen molar-refractivity contribution in [1.82, 2.24) is 29.4 Å². The summed E-state index contributed by atoms with van der Waals surface area (Å²) >= 11 is 1.48. The van der Waals surface area contributed by atoms with Crippen LogP contribution in [-0.4, -0.2) is 74.5 Å². The third kappa shape index (κ3) is 4.00. The largest absolute Gasteiger partial charge is 0.454 e. The quantitative estimate of drug-likeness (QED) is 0.542. The first kappa shape index (κ1) is 21.0. The fourth-order valence-corrected chi connectivity index (χ4v) is 4.58. The van der Waals surface area contributed by atoms with Crippen molar-refractivity contribution in [3.63, 3.8) is 0 Å². The number of rotatable bonds is 5. The van der Waals surface area contributed by atoms with Crippen LogP contribution in [0.25, 0.3) is 5.78 Å². The lowest BCUT2D eigenvalue weighted by molar-refractivity contribution is -0.132. The minimum atomic E-state index is 0.130. The van der Waals surface area contributed by atoms with E-state index in [1.807, 2.05) is 37.1 Å². The fraction of sp³-hybridized carbons (Fsp3) is 0.455. The lowest BCUT2D eigenvalue weighted by Gasteiger charge is -2.35. The average Bonchev–Trinajstić information content (AvgIpc) is 3.43. The zero-order chi connectivity index (χ0) is 22.2. The zero-order valence-corrected chi connectivity index (χ0v) is 19.3. The molecule has 9 nitrogen and oxygen atoms in total. The maximum absolute atomic E-state index is 13.1. The lowest BCUT2D eigenvalue weighted by atomic mass is 10.1. The van der Waals surface area contributed by atoms with E-state index in [-0.39, 0.29) is 12.7 Å². The number of nitrogens with zero attached hydrogens (tertiary/aromatic N) is 6. The molecule has 10 heteroatoms. The third-order valence-electron chi connectivity index (χ3n) is 6.11. The summed E-state index contributed by atoms with van der Waals surface area (Å²) in [5.74, 6) is 2.32. The Balaban J connectivity index is 1.21. The van der Waals surface area contributed by atoms with Gasteiger partial charge in [-0.15, -0.1) is 5.10 Å². The highest BCUT2D eigenvalue weighted by atomic mass is 32.2. The highest BCUT2D eigenvalue weighted by Crippen LogP contribution is 2.32. The Morgan fingerprint density at radius 3 is 2.66 bits per heavy atom. The first-order valence-corrected chi connectivity index (χ1v) is 11.9. The van der Waals surface area contributed by atoms with Crippen LogP contribution in [0.1, 0.15) is 22.5 Å². The number of piperazine rings is 1. The van der Waals surface area contributed by atoms with Gasteiger partial charge in [0.25, 0.3) is 5.78 Å². The van der Waals surface area contributed by atoms with Gasteiger partial charge in [-0.1, -0.05) is 17.8 Å². The number of aromatic nitrogens is 4. The number of benzene rings is 1. The van der Waals surface area contributed by atoms with Gasteiger partial charge >= 0.3 is 0 Å². The Kier molecular flexibility index (Phi) is 5.64. The summed E-state index contributed by atoms with van der Waals surface area (Å²) in [6.07, 6.45) is 2.27. The topological polar surface area (TPSA) is 85.1 Å². The van der Waals surface area contributed by atoms with Crippen LogP contribution in [0.4, 0.5) is 0 Å². The molecule has 0 radical (unpaired) electrons. The third-order valence-corrected chi connectivity index (χ3v) is 6.65. The molecule has 1 saturated heterocycles. The Bertz CT molecular complexity index is 1170. The van der Waals surface area contributed by atoms with Crippen LogP contribution in [0.2, 0.25) is 0 Å². The van der Waals surface area contributed by atoms with Crippen LogP contribution < -0.4 is 9.47 Å². The molecule has 5 rings (SSSR count). The van der Waals surface area contributed by atoms with Crippen molar-refractivity contribution in [1.29, 1.82) is 0 Å². The molecule has 168 valence electrons. The number of carbonyl (C=O) groups excluding carboxylic acids is 1. The summed E-state index contributed by atoms with van der Waals surface area (Å²) in [4.78, 5) is 26.4. The van der Waals surface area contributed by atoms with Crippen LogP contribution in [0.15, 0.2) is 23.4 Å². The number of thioether (sulfide) groups is 1. The Morgan fingerprint density at radius 1 is 1.09 bits per heavy atom. The molecular formula is C22H26N6O3S. The van der Waals surface area contributed by atoms with Gasteiger partial charge in [0.15, 0.2) is 11.5 Å². The minimum absolute atomic E-state index is 0.130. The maximum atomic E-state index is 13.1. The van der Waals surface area contributed by atoms with Gasteiger partial charge in [-0.25, -0.2) is 9.50 Å². The van der Waals surface area contributed by atoms with Crippen LogP contribution in [0.3, 0.4) is 0 Å². The lowest BCUT2D eigenvalue weighted by Crippen LogP contribution is -2.48. The second kappa shape index (κ2) is 8.59. The second-order valence-corrected chi connectivity index (χ2v) is 8.87. The second-order valence-electron chi connectivity index (χ2n) is 8.09. The predicted molar refractivity (Wildman–Crippen MR) is 120 cm³/mol. The Morgan fingerprint density at radius 2 is 1.88 bits per heavy atom. The van der Waals surface area contributed by atoms with Gasteiger partial charge < -0.3 is 14.4 Å². The SMILES string of the molecule is CSc1nc2nc(C)c(CC(=O)N3CCN(Cc4ccc5c(c4)OCO5)CC3)c(C)n2n1. The molecule has 2 aromatic heterocycles. The molecule has 0 N–H and O–H groups in total. The molecule has 1 amide bonds. The van der Waals surface area contributed by atoms with E-state index in [1.54, 1.807) is 4.52 Å². The molecule has 32 heavy (non-hydrogen) atoms. The van der Waals surface area contributed by atoms with Crippen molar-refractivity contribution in [2.24, 2.45) is 0 Å². The molecular weight excluding hydrogens is 428 g/mol. The number of amides is 1. The van der Waals surface area contributed by atoms with Gasteiger partial charge in [0.05, 0.1) is 6.42 Å². The van der Waals surface area contributed by atoms with Crippen LogP contribution in [0.5, 0.6) is 11.5 Å². The summed E-state index contributed by atoms with van der Waals surface area (Å²) in [5.41, 5.74) is 3.89. The summed E-state index contributed by atoms with van der Waals surface area (Å²) < 4.78 is 12.6. The standard InChI is InChI=1S/C22H26N6O3S/c1-14-17(15(2)28-21(23-14)24-22(25-28)32-3)11-20(29)27-8-6-26(7-9-27)12-16-4-5-18-19(10-16)31-13-30-18/h4-5,10H,6-9,11-13H2,1-3H3. The Labute approximate surface area is 190 Å². The van der Waals surface area contributed by atoms with Crippen molar-refractivity contribution in [2.45, 2.75) is 32.0 Å². The van der Waals surface area contributed by atoms with Crippen molar-refractivity contribution in [3.05, 3.63) is 40.7 Å². The van der Waals surface area contributed by atoms with Crippen LogP contribution in [0, 0.1) is 13.8 Å². The van der Waals surface area contributed by atoms with Gasteiger partial charge in [-0.3, -0.25) is 9.69 Å². The molecule has 1 fully saturated rings. The smallest absolute Gasteiger partial charge is 0.253 e. The van der Waals surface area contributed by atoms with E-state index in [0.717, 1.165) is 61.2 Å². The molecule has 2 aliphatic heterocycles. The first-order valence-electron chi connectivity index (χ1n) is 10.7. The van der Waals surface area contributed by atoms with Crippen molar-refractivity contribution >= 4 is 23.4 Å². The van der Waals surface area contributed by atoms with Gasteiger partial charge in [0.1, 0.15) is 0 Å². The molecule has 0 bridgehead atoms. The highest BCUT2D eigenvalue weighted by molar-refractivity contribution is 7.98. The zero-order valence-electron chi connectivity index (χ0n) is 18.5. The summed E-state index contributed by atoms with van der Waals surface area (Å²) in [6.45, 7) is 8.16. The van der Waals surface area contributed by atoms with Gasteiger partial charge in [0, 0.05) is 49.7 Å². The molecule has 0 aliphatic carbocycles. The molecule has 3 aromatic rings. The fourth-order valence-electron chi connectivity index (χ4n) is 4.25. The van der Waals surface area contributed by atoms with Crippen LogP contribution >= 0.6 is 11.8 Å². The van der Waals surface area contributed by atoms with Crippen LogP contribution in [-0.2, 0) is 17.8 Å². The maximum Gasteiger partial charge on any atom is 0.253 e. The van der Waals surface area contributed by atoms with E-state index < -0.39 is 0 Å². The number of ether oxygens (including phenoxy) is 2. The van der Waals surface area contributed by atoms with E-state index in [9.17, 15) is 4.79 Å². The van der Waals surface area contributed by atoms with Crippen molar-refractivity contribution in [3.8, 4) is 11.5 Å². The Hall–Kier alpha value is -2.85. The summed E-state index contributed by atoms with van der Waals surface area (Å²) in [5, 5.41) is 5.16. The number of hydrogen-bond donors (Lipinski definition) is 0. The number of carbonyl (C=O) groups is 1. The first-order chi connectivity index (χ1) is 15.5. The van der Waals surface area contributed by atoms with E-state index in [1.165, 1.54) is 17.3 Å². The van der Waals surface area contributed by atoms with Gasteiger partial charge in [0.2, 0.25) is 17.9 Å². The number of aryl methyl sites for hydroxylation is 2. The summed E-state index contributed by atoms with van der Waals surface area (Å²) in [7, 11) is 0. The van der Waals surface area contributed by atoms with Crippen molar-refractivity contribution in [2.75, 3.05) is 39.2 Å². The molecule has 1 aromatic carbocycles. The minimum Gasteiger partial charge on any atom is -0.454 e. The monoisotopic (exact) mass is 454 g/mol.